The normalized spacial score (nSPS) is 10.4. The van der Waals surface area contributed by atoms with Gasteiger partial charge in [-0.3, -0.25) is 0 Å². The number of rotatable bonds is 2. The minimum atomic E-state index is -0.334. The molecule has 2 aromatic rings. The van der Waals surface area contributed by atoms with E-state index in [2.05, 4.69) is 10.1 Å². The van der Waals surface area contributed by atoms with Crippen molar-refractivity contribution >= 4 is 11.9 Å². The third kappa shape index (κ3) is 1.81. The number of hydrogen-bond acceptors (Lipinski definition) is 4. The number of benzene rings is 1. The van der Waals surface area contributed by atoms with Crippen LogP contribution in [0.4, 0.5) is 16.3 Å². The number of halogens is 1. The van der Waals surface area contributed by atoms with Crippen LogP contribution in [0.5, 0.6) is 0 Å². The van der Waals surface area contributed by atoms with Crippen LogP contribution >= 0.6 is 0 Å². The molecule has 0 aliphatic rings. The molecule has 0 unspecified atom stereocenters. The molecule has 1 aromatic heterocycles. The first-order valence-electron chi connectivity index (χ1n) is 4.74. The van der Waals surface area contributed by atoms with Gasteiger partial charge >= 0.3 is 0 Å². The molecular formula is C10H12FN5. The lowest BCUT2D eigenvalue weighted by atomic mass is 10.3. The lowest BCUT2D eigenvalue weighted by Crippen LogP contribution is -2.10. The number of nitrogens with zero attached hydrogens (tertiary/aromatic N) is 4. The average molecular weight is 221 g/mol. The number of nitrogens with two attached hydrogens (primary N) is 1. The summed E-state index contributed by atoms with van der Waals surface area (Å²) in [6.07, 6.45) is 0. The Kier molecular flexibility index (Phi) is 2.47. The van der Waals surface area contributed by atoms with Gasteiger partial charge in [-0.25, -0.2) is 4.39 Å². The van der Waals surface area contributed by atoms with Gasteiger partial charge in [-0.15, -0.1) is 5.10 Å². The fourth-order valence-corrected chi connectivity index (χ4v) is 1.30. The maximum atomic E-state index is 13.0. The highest BCUT2D eigenvalue weighted by atomic mass is 19.1. The van der Waals surface area contributed by atoms with E-state index >= 15 is 0 Å². The highest BCUT2D eigenvalue weighted by Crippen LogP contribution is 2.15. The van der Waals surface area contributed by atoms with E-state index in [1.165, 1.54) is 16.8 Å². The molecule has 2 rings (SSSR count). The molecule has 0 amide bonds. The van der Waals surface area contributed by atoms with Gasteiger partial charge in [0.2, 0.25) is 11.9 Å². The van der Waals surface area contributed by atoms with E-state index in [1.54, 1.807) is 17.0 Å². The number of aromatic nitrogens is 3. The molecule has 0 atom stereocenters. The monoisotopic (exact) mass is 221 g/mol. The van der Waals surface area contributed by atoms with Crippen molar-refractivity contribution in [2.45, 2.75) is 0 Å². The van der Waals surface area contributed by atoms with E-state index in [9.17, 15) is 4.39 Å². The summed E-state index contributed by atoms with van der Waals surface area (Å²) in [5, 5.41) is 4.16. The predicted octanol–water partition coefficient (Wildman–Crippen LogP) is 1.05. The molecule has 1 aromatic carbocycles. The van der Waals surface area contributed by atoms with Gasteiger partial charge in [-0.2, -0.15) is 9.67 Å². The second-order valence-electron chi connectivity index (χ2n) is 3.56. The first-order valence-corrected chi connectivity index (χ1v) is 4.74. The molecule has 16 heavy (non-hydrogen) atoms. The molecule has 0 spiro atoms. The van der Waals surface area contributed by atoms with Crippen molar-refractivity contribution < 1.29 is 4.39 Å². The number of anilines is 2. The van der Waals surface area contributed by atoms with Crippen LogP contribution in [0.2, 0.25) is 0 Å². The Morgan fingerprint density at radius 3 is 2.69 bits per heavy atom. The molecule has 0 saturated carbocycles. The Morgan fingerprint density at radius 1 is 1.38 bits per heavy atom. The SMILES string of the molecule is CN(C)c1nc(N)n(-c2cccc(F)c2)n1. The topological polar surface area (TPSA) is 60.0 Å². The van der Waals surface area contributed by atoms with Crippen molar-refractivity contribution in [2.75, 3.05) is 24.7 Å². The number of hydrogen-bond donors (Lipinski definition) is 1. The van der Waals surface area contributed by atoms with Crippen molar-refractivity contribution in [3.8, 4) is 5.69 Å². The van der Waals surface area contributed by atoms with Crippen LogP contribution in [0.25, 0.3) is 5.69 Å². The van der Waals surface area contributed by atoms with Gasteiger partial charge in [0.15, 0.2) is 0 Å². The largest absolute Gasteiger partial charge is 0.368 e. The third-order valence-electron chi connectivity index (χ3n) is 2.07. The summed E-state index contributed by atoms with van der Waals surface area (Å²) < 4.78 is 14.4. The summed E-state index contributed by atoms with van der Waals surface area (Å²) in [5.41, 5.74) is 6.26. The predicted molar refractivity (Wildman–Crippen MR) is 60.1 cm³/mol. The summed E-state index contributed by atoms with van der Waals surface area (Å²) in [4.78, 5) is 5.78. The Bertz CT molecular complexity index is 506. The fourth-order valence-electron chi connectivity index (χ4n) is 1.30. The van der Waals surface area contributed by atoms with E-state index in [4.69, 9.17) is 5.73 Å². The molecule has 0 aliphatic heterocycles. The van der Waals surface area contributed by atoms with Crippen molar-refractivity contribution in [2.24, 2.45) is 0 Å². The molecule has 0 radical (unpaired) electrons. The van der Waals surface area contributed by atoms with Gasteiger partial charge in [0, 0.05) is 14.1 Å². The Balaban J connectivity index is 2.48. The molecule has 0 saturated heterocycles. The molecule has 0 bridgehead atoms. The number of nitrogen functional groups attached to an aromatic ring is 1. The molecule has 84 valence electrons. The highest BCUT2D eigenvalue weighted by Gasteiger charge is 2.10. The maximum Gasteiger partial charge on any atom is 0.246 e. The fraction of sp³-hybridized carbons (Fsp3) is 0.200. The van der Waals surface area contributed by atoms with Crippen LogP contribution in [0.15, 0.2) is 24.3 Å². The molecule has 1 heterocycles. The Hall–Kier alpha value is -2.11. The van der Waals surface area contributed by atoms with Crippen LogP contribution in [0.3, 0.4) is 0 Å². The maximum absolute atomic E-state index is 13.0. The van der Waals surface area contributed by atoms with Crippen molar-refractivity contribution in [1.82, 2.24) is 14.8 Å². The smallest absolute Gasteiger partial charge is 0.246 e. The van der Waals surface area contributed by atoms with Gasteiger partial charge < -0.3 is 10.6 Å². The quantitative estimate of drug-likeness (QED) is 0.823. The summed E-state index contributed by atoms with van der Waals surface area (Å²) in [5.74, 6) is 0.384. The second-order valence-corrected chi connectivity index (χ2v) is 3.56. The summed E-state index contributed by atoms with van der Waals surface area (Å²) in [7, 11) is 3.62. The molecule has 2 N–H and O–H groups in total. The van der Waals surface area contributed by atoms with E-state index in [0.717, 1.165) is 0 Å². The van der Waals surface area contributed by atoms with E-state index < -0.39 is 0 Å². The summed E-state index contributed by atoms with van der Waals surface area (Å²) >= 11 is 0. The standard InChI is InChI=1S/C10H12FN5/c1-15(2)10-13-9(12)16(14-10)8-5-3-4-7(11)6-8/h3-6H,1-2H3,(H2,12,13,14). The van der Waals surface area contributed by atoms with Crippen molar-refractivity contribution in [1.29, 1.82) is 0 Å². The van der Waals surface area contributed by atoms with Crippen LogP contribution in [-0.4, -0.2) is 28.9 Å². The van der Waals surface area contributed by atoms with Crippen molar-refractivity contribution in [3.63, 3.8) is 0 Å². The van der Waals surface area contributed by atoms with Gasteiger partial charge in [0.1, 0.15) is 5.82 Å². The van der Waals surface area contributed by atoms with Gasteiger partial charge in [0.25, 0.3) is 0 Å². The van der Waals surface area contributed by atoms with Gasteiger partial charge in [-0.1, -0.05) is 6.07 Å². The minimum absolute atomic E-state index is 0.231. The molecular weight excluding hydrogens is 209 g/mol. The lowest BCUT2D eigenvalue weighted by molar-refractivity contribution is 0.625. The molecule has 5 nitrogen and oxygen atoms in total. The van der Waals surface area contributed by atoms with Crippen molar-refractivity contribution in [3.05, 3.63) is 30.1 Å². The Morgan fingerprint density at radius 2 is 2.12 bits per heavy atom. The highest BCUT2D eigenvalue weighted by molar-refractivity contribution is 5.42. The summed E-state index contributed by atoms with van der Waals surface area (Å²) in [6, 6.07) is 6.03. The summed E-state index contributed by atoms with van der Waals surface area (Å²) in [6.45, 7) is 0. The van der Waals surface area contributed by atoms with Gasteiger partial charge in [0.05, 0.1) is 5.69 Å². The van der Waals surface area contributed by atoms with E-state index in [0.29, 0.717) is 11.6 Å². The molecule has 0 aliphatic carbocycles. The van der Waals surface area contributed by atoms with Crippen LogP contribution in [0.1, 0.15) is 0 Å². The van der Waals surface area contributed by atoms with E-state index in [-0.39, 0.29) is 11.8 Å². The molecule has 6 heteroatoms. The zero-order valence-corrected chi connectivity index (χ0v) is 9.05. The van der Waals surface area contributed by atoms with Crippen LogP contribution < -0.4 is 10.6 Å². The third-order valence-corrected chi connectivity index (χ3v) is 2.07. The Labute approximate surface area is 92.3 Å². The van der Waals surface area contributed by atoms with Crippen LogP contribution in [0, 0.1) is 5.82 Å². The lowest BCUT2D eigenvalue weighted by Gasteiger charge is -2.04. The minimum Gasteiger partial charge on any atom is -0.368 e. The average Bonchev–Trinajstić information content (AvgIpc) is 2.60. The first-order chi connectivity index (χ1) is 7.58. The zero-order chi connectivity index (χ0) is 11.7. The van der Waals surface area contributed by atoms with Gasteiger partial charge in [-0.05, 0) is 18.2 Å². The first kappa shape index (κ1) is 10.4. The molecule has 0 fully saturated rings. The second kappa shape index (κ2) is 3.80. The van der Waals surface area contributed by atoms with E-state index in [1.807, 2.05) is 14.1 Å². The zero-order valence-electron chi connectivity index (χ0n) is 9.05. The van der Waals surface area contributed by atoms with Crippen LogP contribution in [-0.2, 0) is 0 Å².